The van der Waals surface area contributed by atoms with E-state index in [4.69, 9.17) is 4.74 Å². The fourth-order valence-electron chi connectivity index (χ4n) is 3.83. The molecular formula is C27H37N3O6S. The van der Waals surface area contributed by atoms with Crippen molar-refractivity contribution in [1.29, 1.82) is 0 Å². The Hall–Kier alpha value is -3.40. The third kappa shape index (κ3) is 8.59. The molecule has 0 spiro atoms. The molecule has 202 valence electrons. The predicted octanol–water partition coefficient (Wildman–Crippen LogP) is 3.39. The molecular weight excluding hydrogens is 494 g/mol. The number of nitrogens with zero attached hydrogens (tertiary/aromatic N) is 2. The summed E-state index contributed by atoms with van der Waals surface area (Å²) in [5, 5.41) is 2.92. The summed E-state index contributed by atoms with van der Waals surface area (Å²) in [7, 11) is -2.37. The van der Waals surface area contributed by atoms with Gasteiger partial charge in [-0.2, -0.15) is 0 Å². The number of benzene rings is 2. The third-order valence-electron chi connectivity index (χ3n) is 5.59. The molecule has 0 aliphatic heterocycles. The number of hydrogen-bond acceptors (Lipinski definition) is 6. The van der Waals surface area contributed by atoms with Crippen molar-refractivity contribution in [3.8, 4) is 5.75 Å². The zero-order chi connectivity index (χ0) is 28.0. The SMILES string of the molecule is CCC(C(=O)NC(C)(C)C)N(Cc1cccc(OC)c1)C(=O)CN(c1cccc(C(C)=O)c1)S(C)(=O)=O. The van der Waals surface area contributed by atoms with Crippen LogP contribution in [-0.4, -0.2) is 62.4 Å². The lowest BCUT2D eigenvalue weighted by Crippen LogP contribution is -2.55. The third-order valence-corrected chi connectivity index (χ3v) is 6.73. The molecule has 0 aromatic heterocycles. The number of hydrogen-bond donors (Lipinski definition) is 1. The maximum atomic E-state index is 13.8. The molecule has 1 unspecified atom stereocenters. The average molecular weight is 532 g/mol. The summed E-state index contributed by atoms with van der Waals surface area (Å²) >= 11 is 0. The molecule has 2 rings (SSSR count). The van der Waals surface area contributed by atoms with Crippen LogP contribution in [0.1, 0.15) is 57.0 Å². The molecule has 37 heavy (non-hydrogen) atoms. The number of methoxy groups -OCH3 is 1. The van der Waals surface area contributed by atoms with Crippen molar-refractivity contribution in [2.24, 2.45) is 0 Å². The van der Waals surface area contributed by atoms with Gasteiger partial charge in [0.2, 0.25) is 21.8 Å². The summed E-state index contributed by atoms with van der Waals surface area (Å²) in [6, 6.07) is 12.4. The second-order valence-corrected chi connectivity index (χ2v) is 11.8. The van der Waals surface area contributed by atoms with E-state index in [-0.39, 0.29) is 23.9 Å². The summed E-state index contributed by atoms with van der Waals surface area (Å²) in [5.74, 6) is -0.532. The number of carbonyl (C=O) groups is 3. The minimum absolute atomic E-state index is 0.0667. The summed E-state index contributed by atoms with van der Waals surface area (Å²) in [5.41, 5.74) is 0.709. The smallest absolute Gasteiger partial charge is 0.244 e. The van der Waals surface area contributed by atoms with Crippen LogP contribution in [-0.2, 0) is 26.2 Å². The molecule has 0 aliphatic rings. The van der Waals surface area contributed by atoms with Crippen LogP contribution in [0, 0.1) is 0 Å². The lowest BCUT2D eigenvalue weighted by molar-refractivity contribution is -0.141. The van der Waals surface area contributed by atoms with Crippen LogP contribution in [0.3, 0.4) is 0 Å². The molecule has 0 aliphatic carbocycles. The van der Waals surface area contributed by atoms with Gasteiger partial charge in [-0.05, 0) is 63.9 Å². The van der Waals surface area contributed by atoms with Crippen molar-refractivity contribution in [3.63, 3.8) is 0 Å². The van der Waals surface area contributed by atoms with Crippen molar-refractivity contribution in [1.82, 2.24) is 10.2 Å². The van der Waals surface area contributed by atoms with Crippen LogP contribution in [0.15, 0.2) is 48.5 Å². The second kappa shape index (κ2) is 12.2. The van der Waals surface area contributed by atoms with E-state index in [9.17, 15) is 22.8 Å². The average Bonchev–Trinajstić information content (AvgIpc) is 2.80. The van der Waals surface area contributed by atoms with E-state index in [1.165, 1.54) is 31.1 Å². The van der Waals surface area contributed by atoms with Crippen molar-refractivity contribution in [2.75, 3.05) is 24.2 Å². The highest BCUT2D eigenvalue weighted by Gasteiger charge is 2.33. The topological polar surface area (TPSA) is 113 Å². The van der Waals surface area contributed by atoms with Crippen LogP contribution in [0.4, 0.5) is 5.69 Å². The fourth-order valence-corrected chi connectivity index (χ4v) is 4.68. The maximum Gasteiger partial charge on any atom is 0.244 e. The molecule has 0 saturated heterocycles. The number of carbonyl (C=O) groups excluding carboxylic acids is 3. The first-order chi connectivity index (χ1) is 17.2. The Morgan fingerprint density at radius 2 is 1.70 bits per heavy atom. The quantitative estimate of drug-likeness (QED) is 0.445. The molecule has 2 aromatic carbocycles. The first-order valence-corrected chi connectivity index (χ1v) is 13.8. The molecule has 10 heteroatoms. The van der Waals surface area contributed by atoms with Gasteiger partial charge in [0, 0.05) is 17.6 Å². The van der Waals surface area contributed by atoms with E-state index in [0.717, 1.165) is 16.1 Å². The number of sulfonamides is 1. The first kappa shape index (κ1) is 29.8. The Morgan fingerprint density at radius 1 is 1.05 bits per heavy atom. The van der Waals surface area contributed by atoms with E-state index < -0.39 is 34.1 Å². The molecule has 2 aromatic rings. The van der Waals surface area contributed by atoms with E-state index in [1.54, 1.807) is 37.3 Å². The van der Waals surface area contributed by atoms with Gasteiger partial charge < -0.3 is 15.0 Å². The van der Waals surface area contributed by atoms with Crippen LogP contribution >= 0.6 is 0 Å². The minimum Gasteiger partial charge on any atom is -0.497 e. The largest absolute Gasteiger partial charge is 0.497 e. The summed E-state index contributed by atoms with van der Waals surface area (Å²) in [6.45, 7) is 8.24. The first-order valence-electron chi connectivity index (χ1n) is 12.0. The van der Waals surface area contributed by atoms with Gasteiger partial charge in [-0.25, -0.2) is 8.42 Å². The normalized spacial score (nSPS) is 12.4. The zero-order valence-electron chi connectivity index (χ0n) is 22.6. The molecule has 9 nitrogen and oxygen atoms in total. The summed E-state index contributed by atoms with van der Waals surface area (Å²) in [4.78, 5) is 40.3. The van der Waals surface area contributed by atoms with Crippen molar-refractivity contribution in [2.45, 2.75) is 59.2 Å². The summed E-state index contributed by atoms with van der Waals surface area (Å²) < 4.78 is 31.7. The standard InChI is InChI=1S/C27H37N3O6S/c1-8-24(26(33)28-27(3,4)5)29(17-20-11-9-14-23(15-20)36-6)25(32)18-30(37(7,34)35)22-13-10-12-21(16-22)19(2)31/h9-16,24H,8,17-18H2,1-7H3,(H,28,33). The Bertz CT molecular complexity index is 1240. The zero-order valence-corrected chi connectivity index (χ0v) is 23.4. The van der Waals surface area contributed by atoms with Crippen LogP contribution in [0.5, 0.6) is 5.75 Å². The lowest BCUT2D eigenvalue weighted by atomic mass is 10.1. The molecule has 0 radical (unpaired) electrons. The Kier molecular flexibility index (Phi) is 9.86. The van der Waals surface area contributed by atoms with Crippen LogP contribution in [0.2, 0.25) is 0 Å². The molecule has 0 bridgehead atoms. The van der Waals surface area contributed by atoms with Gasteiger partial charge in [0.15, 0.2) is 5.78 Å². The Labute approximate surface area is 219 Å². The number of rotatable bonds is 11. The van der Waals surface area contributed by atoms with Gasteiger partial charge in [0.1, 0.15) is 18.3 Å². The molecule has 2 amide bonds. The van der Waals surface area contributed by atoms with Gasteiger partial charge in [0.05, 0.1) is 19.1 Å². The monoisotopic (exact) mass is 531 g/mol. The summed E-state index contributed by atoms with van der Waals surface area (Å²) in [6.07, 6.45) is 1.31. The molecule has 0 heterocycles. The second-order valence-electron chi connectivity index (χ2n) is 9.91. The highest BCUT2D eigenvalue weighted by Crippen LogP contribution is 2.22. The molecule has 0 fully saturated rings. The maximum absolute atomic E-state index is 13.8. The van der Waals surface area contributed by atoms with Gasteiger partial charge in [0.25, 0.3) is 0 Å². The Balaban J connectivity index is 2.51. The van der Waals surface area contributed by atoms with Crippen molar-refractivity contribution in [3.05, 3.63) is 59.7 Å². The van der Waals surface area contributed by atoms with E-state index >= 15 is 0 Å². The Morgan fingerprint density at radius 3 is 2.24 bits per heavy atom. The number of Topliss-reactive ketones (excluding diaryl/α,β-unsaturated/α-hetero) is 1. The van der Waals surface area contributed by atoms with Gasteiger partial charge in [-0.15, -0.1) is 0 Å². The van der Waals surface area contributed by atoms with Crippen LogP contribution < -0.4 is 14.4 Å². The number of ether oxygens (including phenoxy) is 1. The predicted molar refractivity (Wildman–Crippen MR) is 144 cm³/mol. The van der Waals surface area contributed by atoms with Gasteiger partial charge in [-0.1, -0.05) is 31.2 Å². The molecule has 1 atom stereocenters. The number of anilines is 1. The van der Waals surface area contributed by atoms with Crippen molar-refractivity contribution >= 4 is 33.3 Å². The molecule has 0 saturated carbocycles. The number of ketones is 1. The highest BCUT2D eigenvalue weighted by atomic mass is 32.2. The highest BCUT2D eigenvalue weighted by molar-refractivity contribution is 7.92. The molecule has 1 N–H and O–H groups in total. The fraction of sp³-hybridized carbons (Fsp3) is 0.444. The minimum atomic E-state index is -3.90. The van der Waals surface area contributed by atoms with Crippen LogP contribution in [0.25, 0.3) is 0 Å². The number of amides is 2. The van der Waals surface area contributed by atoms with Gasteiger partial charge >= 0.3 is 0 Å². The number of nitrogens with one attached hydrogen (secondary N) is 1. The van der Waals surface area contributed by atoms with Crippen molar-refractivity contribution < 1.29 is 27.5 Å². The van der Waals surface area contributed by atoms with E-state index in [0.29, 0.717) is 17.7 Å². The lowest BCUT2D eigenvalue weighted by Gasteiger charge is -2.34. The van der Waals surface area contributed by atoms with E-state index in [2.05, 4.69) is 5.32 Å². The van der Waals surface area contributed by atoms with E-state index in [1.807, 2.05) is 26.8 Å². The van der Waals surface area contributed by atoms with Gasteiger partial charge in [-0.3, -0.25) is 18.7 Å².